The second-order valence-electron chi connectivity index (χ2n) is 4.75. The molecule has 6 heteroatoms. The first-order valence-electron chi connectivity index (χ1n) is 6.86. The van der Waals surface area contributed by atoms with Gasteiger partial charge in [-0.1, -0.05) is 15.9 Å². The molecule has 21 heavy (non-hydrogen) atoms. The van der Waals surface area contributed by atoms with Crippen LogP contribution in [0, 0.1) is 6.92 Å². The van der Waals surface area contributed by atoms with Crippen LogP contribution in [0.2, 0.25) is 0 Å². The van der Waals surface area contributed by atoms with Crippen LogP contribution in [0.5, 0.6) is 5.75 Å². The third kappa shape index (κ3) is 5.65. The van der Waals surface area contributed by atoms with Crippen LogP contribution >= 0.6 is 15.9 Å². The minimum Gasteiger partial charge on any atom is -0.480 e. The zero-order chi connectivity index (χ0) is 15.8. The molecule has 0 aliphatic rings. The topological polar surface area (TPSA) is 59.6 Å². The largest absolute Gasteiger partial charge is 0.480 e. The van der Waals surface area contributed by atoms with Crippen LogP contribution in [0.25, 0.3) is 0 Å². The number of methoxy groups -OCH3 is 1. The predicted octanol–water partition coefficient (Wildman–Crippen LogP) is 2.01. The second kappa shape index (κ2) is 9.02. The molecule has 0 spiro atoms. The molecule has 0 fully saturated rings. The number of amides is 1. The van der Waals surface area contributed by atoms with Gasteiger partial charge in [-0.2, -0.15) is 0 Å². The summed E-state index contributed by atoms with van der Waals surface area (Å²) in [6.07, 6.45) is -0.535. The van der Waals surface area contributed by atoms with E-state index in [4.69, 9.17) is 9.47 Å². The fraction of sp³-hybridized carbons (Fsp3) is 0.533. The number of halogens is 1. The van der Waals surface area contributed by atoms with E-state index in [0.29, 0.717) is 13.2 Å². The minimum absolute atomic E-state index is 0.143. The van der Waals surface area contributed by atoms with E-state index in [0.717, 1.165) is 27.9 Å². The van der Waals surface area contributed by atoms with Gasteiger partial charge in [0, 0.05) is 37.3 Å². The van der Waals surface area contributed by atoms with E-state index in [1.54, 1.807) is 21.1 Å². The maximum Gasteiger partial charge on any atom is 0.260 e. The number of benzene rings is 1. The summed E-state index contributed by atoms with van der Waals surface area (Å²) in [5.74, 6) is 0.606. The highest BCUT2D eigenvalue weighted by atomic mass is 79.9. The number of hydrogen-bond acceptors (Lipinski definition) is 4. The second-order valence-corrected chi connectivity index (χ2v) is 5.67. The monoisotopic (exact) mass is 358 g/mol. The van der Waals surface area contributed by atoms with Crippen LogP contribution in [-0.2, 0) is 16.1 Å². The van der Waals surface area contributed by atoms with Crippen LogP contribution < -0.4 is 15.4 Å². The van der Waals surface area contributed by atoms with Gasteiger partial charge >= 0.3 is 0 Å². The Hall–Kier alpha value is -1.11. The summed E-state index contributed by atoms with van der Waals surface area (Å²) >= 11 is 3.49. The van der Waals surface area contributed by atoms with Gasteiger partial charge in [0.25, 0.3) is 5.91 Å². The number of hydrogen-bond donors (Lipinski definition) is 2. The third-order valence-electron chi connectivity index (χ3n) is 3.02. The molecule has 1 aromatic carbocycles. The van der Waals surface area contributed by atoms with Crippen molar-refractivity contribution in [2.24, 2.45) is 0 Å². The normalized spacial score (nSPS) is 12.0. The first-order valence-corrected chi connectivity index (χ1v) is 7.65. The van der Waals surface area contributed by atoms with E-state index in [2.05, 4.69) is 26.6 Å². The summed E-state index contributed by atoms with van der Waals surface area (Å²) < 4.78 is 11.8. The molecular weight excluding hydrogens is 336 g/mol. The first kappa shape index (κ1) is 17.9. The van der Waals surface area contributed by atoms with Crippen LogP contribution in [0.3, 0.4) is 0 Å². The number of likely N-dealkylation sites (N-methyl/N-ethyl adjacent to an activating group) is 1. The Balaban J connectivity index is 2.87. The van der Waals surface area contributed by atoms with E-state index in [1.165, 1.54) is 0 Å². The van der Waals surface area contributed by atoms with Gasteiger partial charge < -0.3 is 20.1 Å². The van der Waals surface area contributed by atoms with Crippen molar-refractivity contribution in [2.45, 2.75) is 26.5 Å². The van der Waals surface area contributed by atoms with Crippen LogP contribution in [0.15, 0.2) is 16.6 Å². The molecule has 0 saturated heterocycles. The Morgan fingerprint density at radius 1 is 1.43 bits per heavy atom. The van der Waals surface area contributed by atoms with E-state index in [9.17, 15) is 4.79 Å². The molecule has 1 rings (SSSR count). The molecule has 0 aliphatic heterocycles. The van der Waals surface area contributed by atoms with Crippen molar-refractivity contribution in [2.75, 3.05) is 27.3 Å². The Bertz CT molecular complexity index is 480. The number of carbonyl (C=O) groups excluding carboxylic acids is 1. The summed E-state index contributed by atoms with van der Waals surface area (Å²) in [4.78, 5) is 11.6. The third-order valence-corrected chi connectivity index (χ3v) is 3.48. The van der Waals surface area contributed by atoms with E-state index >= 15 is 0 Å². The van der Waals surface area contributed by atoms with Crippen LogP contribution in [0.4, 0.5) is 0 Å². The van der Waals surface area contributed by atoms with Crippen molar-refractivity contribution in [3.63, 3.8) is 0 Å². The van der Waals surface area contributed by atoms with Gasteiger partial charge in [0.1, 0.15) is 5.75 Å². The highest BCUT2D eigenvalue weighted by Gasteiger charge is 2.17. The summed E-state index contributed by atoms with van der Waals surface area (Å²) in [7, 11) is 3.27. The number of aryl methyl sites for hydroxylation is 1. The maximum atomic E-state index is 11.6. The van der Waals surface area contributed by atoms with Gasteiger partial charge in [-0.25, -0.2) is 0 Å². The molecular formula is C15H23BrN2O3. The predicted molar refractivity (Wildman–Crippen MR) is 86.6 cm³/mol. The molecule has 2 N–H and O–H groups in total. The smallest absolute Gasteiger partial charge is 0.260 e. The Morgan fingerprint density at radius 3 is 2.76 bits per heavy atom. The van der Waals surface area contributed by atoms with Gasteiger partial charge in [-0.3, -0.25) is 4.79 Å². The molecule has 0 radical (unpaired) electrons. The van der Waals surface area contributed by atoms with Crippen molar-refractivity contribution in [3.8, 4) is 5.75 Å². The molecule has 1 unspecified atom stereocenters. The van der Waals surface area contributed by atoms with Crippen molar-refractivity contribution in [1.29, 1.82) is 0 Å². The highest BCUT2D eigenvalue weighted by molar-refractivity contribution is 9.10. The van der Waals surface area contributed by atoms with E-state index < -0.39 is 6.10 Å². The number of nitrogens with one attached hydrogen (secondary N) is 2. The molecule has 0 aromatic heterocycles. The summed E-state index contributed by atoms with van der Waals surface area (Å²) in [5.41, 5.74) is 2.00. The Labute approximate surface area is 134 Å². The number of rotatable bonds is 8. The fourth-order valence-corrected chi connectivity index (χ4v) is 2.55. The van der Waals surface area contributed by atoms with E-state index in [1.807, 2.05) is 19.1 Å². The van der Waals surface area contributed by atoms with Gasteiger partial charge in [0.15, 0.2) is 6.10 Å². The fourth-order valence-electron chi connectivity index (χ4n) is 1.93. The summed E-state index contributed by atoms with van der Waals surface area (Å²) in [6.45, 7) is 5.77. The Kier molecular flexibility index (Phi) is 7.71. The molecule has 118 valence electrons. The number of carbonyl (C=O) groups is 1. The molecule has 5 nitrogen and oxygen atoms in total. The number of ether oxygens (including phenoxy) is 2. The lowest BCUT2D eigenvalue weighted by molar-refractivity contribution is -0.126. The van der Waals surface area contributed by atoms with Gasteiger partial charge in [-0.05, 0) is 31.5 Å². The zero-order valence-electron chi connectivity index (χ0n) is 13.0. The molecule has 1 amide bonds. The molecule has 0 bridgehead atoms. The standard InChI is InChI=1S/C15H23BrN2O3/c1-10-7-13(16)8-12(9-18-5-6-20-4)14(10)21-11(2)15(19)17-3/h7-8,11,18H,5-6,9H2,1-4H3,(H,17,19). The van der Waals surface area contributed by atoms with E-state index in [-0.39, 0.29) is 5.91 Å². The first-order chi connectivity index (χ1) is 9.99. The lowest BCUT2D eigenvalue weighted by Crippen LogP contribution is -2.34. The molecule has 1 atom stereocenters. The SMILES string of the molecule is CNC(=O)C(C)Oc1c(C)cc(Br)cc1CNCCOC. The van der Waals surface area contributed by atoms with Gasteiger partial charge in [0.05, 0.1) is 6.61 Å². The quantitative estimate of drug-likeness (QED) is 0.698. The highest BCUT2D eigenvalue weighted by Crippen LogP contribution is 2.29. The summed E-state index contributed by atoms with van der Waals surface area (Å²) in [5, 5.41) is 5.88. The van der Waals surface area contributed by atoms with Gasteiger partial charge in [0.2, 0.25) is 0 Å². The van der Waals surface area contributed by atoms with Crippen LogP contribution in [-0.4, -0.2) is 39.3 Å². The van der Waals surface area contributed by atoms with Crippen molar-refractivity contribution in [1.82, 2.24) is 10.6 Å². The van der Waals surface area contributed by atoms with Crippen molar-refractivity contribution < 1.29 is 14.3 Å². The molecule has 1 aromatic rings. The van der Waals surface area contributed by atoms with Crippen LogP contribution in [0.1, 0.15) is 18.1 Å². The molecule has 0 aliphatic carbocycles. The molecule has 0 saturated carbocycles. The van der Waals surface area contributed by atoms with Gasteiger partial charge in [-0.15, -0.1) is 0 Å². The zero-order valence-corrected chi connectivity index (χ0v) is 14.5. The molecule has 0 heterocycles. The lowest BCUT2D eigenvalue weighted by Gasteiger charge is -2.19. The lowest BCUT2D eigenvalue weighted by atomic mass is 10.1. The van der Waals surface area contributed by atoms with Crippen molar-refractivity contribution >= 4 is 21.8 Å². The maximum absolute atomic E-state index is 11.6. The summed E-state index contributed by atoms with van der Waals surface area (Å²) in [6, 6.07) is 3.98. The average molecular weight is 359 g/mol. The Morgan fingerprint density at radius 2 is 2.14 bits per heavy atom. The minimum atomic E-state index is -0.535. The van der Waals surface area contributed by atoms with Crippen molar-refractivity contribution in [3.05, 3.63) is 27.7 Å². The average Bonchev–Trinajstić information content (AvgIpc) is 2.45.